The number of hydrogen-bond acceptors (Lipinski definition) is 7. The molecule has 0 fully saturated rings. The Morgan fingerprint density at radius 2 is 2.28 bits per heavy atom. The summed E-state index contributed by atoms with van der Waals surface area (Å²) in [5.41, 5.74) is 3.15. The Labute approximate surface area is 110 Å². The SMILES string of the molecule is CS(=O)(=O)c1cccc(NN(O)C2=NCCS2)c1. The number of hydrogen-bond donors (Lipinski definition) is 2. The molecule has 98 valence electrons. The van der Waals surface area contributed by atoms with E-state index in [0.29, 0.717) is 17.4 Å². The summed E-state index contributed by atoms with van der Waals surface area (Å²) in [6.45, 7) is 0.669. The molecule has 0 aliphatic carbocycles. The number of thioether (sulfide) groups is 1. The minimum Gasteiger partial charge on any atom is -0.273 e. The molecule has 1 heterocycles. The van der Waals surface area contributed by atoms with E-state index in [1.165, 1.54) is 23.9 Å². The van der Waals surface area contributed by atoms with Crippen LogP contribution in [-0.4, -0.2) is 42.5 Å². The van der Waals surface area contributed by atoms with Gasteiger partial charge in [-0.1, -0.05) is 17.8 Å². The fourth-order valence-electron chi connectivity index (χ4n) is 1.42. The maximum absolute atomic E-state index is 11.4. The average molecular weight is 287 g/mol. The van der Waals surface area contributed by atoms with E-state index in [0.717, 1.165) is 17.2 Å². The second-order valence-electron chi connectivity index (χ2n) is 3.74. The molecule has 2 rings (SSSR count). The molecule has 0 saturated carbocycles. The molecule has 0 saturated heterocycles. The maximum atomic E-state index is 11.4. The van der Waals surface area contributed by atoms with Gasteiger partial charge in [-0.05, 0) is 18.2 Å². The molecule has 8 heteroatoms. The van der Waals surface area contributed by atoms with Gasteiger partial charge in [0.25, 0.3) is 0 Å². The molecule has 6 nitrogen and oxygen atoms in total. The summed E-state index contributed by atoms with van der Waals surface area (Å²) in [5, 5.41) is 11.0. The average Bonchev–Trinajstić information content (AvgIpc) is 2.81. The van der Waals surface area contributed by atoms with E-state index in [-0.39, 0.29) is 4.90 Å². The summed E-state index contributed by atoms with van der Waals surface area (Å²) >= 11 is 1.42. The van der Waals surface area contributed by atoms with Crippen LogP contribution in [0.1, 0.15) is 0 Å². The zero-order valence-electron chi connectivity index (χ0n) is 9.70. The molecule has 0 spiro atoms. The van der Waals surface area contributed by atoms with Crippen LogP contribution in [0.15, 0.2) is 34.2 Å². The summed E-state index contributed by atoms with van der Waals surface area (Å²) in [6.07, 6.45) is 1.14. The quantitative estimate of drug-likeness (QED) is 0.813. The number of benzene rings is 1. The second-order valence-corrected chi connectivity index (χ2v) is 6.81. The first-order valence-corrected chi connectivity index (χ1v) is 8.07. The van der Waals surface area contributed by atoms with Gasteiger partial charge in [0.2, 0.25) is 5.17 Å². The van der Waals surface area contributed by atoms with Gasteiger partial charge < -0.3 is 0 Å². The Kier molecular flexibility index (Phi) is 3.79. The Morgan fingerprint density at radius 1 is 1.50 bits per heavy atom. The number of rotatable bonds is 3. The molecule has 2 N–H and O–H groups in total. The number of anilines is 1. The highest BCUT2D eigenvalue weighted by Gasteiger charge is 2.15. The van der Waals surface area contributed by atoms with Gasteiger partial charge in [0.1, 0.15) is 0 Å². The highest BCUT2D eigenvalue weighted by atomic mass is 32.2. The largest absolute Gasteiger partial charge is 0.273 e. The van der Waals surface area contributed by atoms with Gasteiger partial charge in [0, 0.05) is 12.0 Å². The Bertz CT molecular complexity index is 571. The predicted octanol–water partition coefficient (Wildman–Crippen LogP) is 1.21. The Morgan fingerprint density at radius 3 is 2.89 bits per heavy atom. The standard InChI is InChI=1S/C10H13N3O3S2/c1-18(15,16)9-4-2-3-8(7-9)12-13(14)10-11-5-6-17-10/h2-4,7,12,14H,5-6H2,1H3. The number of amidine groups is 1. The normalized spacial score (nSPS) is 15.3. The van der Waals surface area contributed by atoms with E-state index >= 15 is 0 Å². The first kappa shape index (κ1) is 13.2. The molecule has 0 aromatic heterocycles. The Hall–Kier alpha value is -1.25. The highest BCUT2D eigenvalue weighted by Crippen LogP contribution is 2.18. The van der Waals surface area contributed by atoms with Crippen LogP contribution >= 0.6 is 11.8 Å². The minimum absolute atomic E-state index is 0.196. The van der Waals surface area contributed by atoms with Crippen molar-refractivity contribution in [2.75, 3.05) is 24.0 Å². The van der Waals surface area contributed by atoms with E-state index in [9.17, 15) is 13.6 Å². The smallest absolute Gasteiger partial charge is 0.206 e. The lowest BCUT2D eigenvalue weighted by Crippen LogP contribution is -2.30. The van der Waals surface area contributed by atoms with Crippen LogP contribution in [-0.2, 0) is 9.84 Å². The molecule has 0 atom stereocenters. The van der Waals surface area contributed by atoms with E-state index in [1.807, 2.05) is 0 Å². The van der Waals surface area contributed by atoms with Crippen LogP contribution in [0.5, 0.6) is 0 Å². The number of aliphatic imine (C=N–C) groups is 1. The molecule has 0 bridgehead atoms. The van der Waals surface area contributed by atoms with Gasteiger partial charge in [0.05, 0.1) is 17.1 Å². The Balaban J connectivity index is 2.14. The monoisotopic (exact) mass is 287 g/mol. The van der Waals surface area contributed by atoms with Gasteiger partial charge in [0.15, 0.2) is 9.84 Å². The fourth-order valence-corrected chi connectivity index (χ4v) is 2.80. The van der Waals surface area contributed by atoms with Crippen molar-refractivity contribution in [2.24, 2.45) is 4.99 Å². The van der Waals surface area contributed by atoms with Crippen LogP contribution in [0.25, 0.3) is 0 Å². The molecule has 1 aliphatic heterocycles. The summed E-state index contributed by atoms with van der Waals surface area (Å²) in [5.74, 6) is 0.831. The molecule has 1 aromatic rings. The van der Waals surface area contributed by atoms with Crippen molar-refractivity contribution < 1.29 is 13.6 Å². The van der Waals surface area contributed by atoms with Crippen molar-refractivity contribution in [1.29, 1.82) is 0 Å². The van der Waals surface area contributed by atoms with Crippen molar-refractivity contribution in [3.63, 3.8) is 0 Å². The third-order valence-corrected chi connectivity index (χ3v) is 4.31. The highest BCUT2D eigenvalue weighted by molar-refractivity contribution is 8.14. The molecule has 1 aliphatic rings. The van der Waals surface area contributed by atoms with E-state index in [2.05, 4.69) is 10.4 Å². The number of nitrogens with one attached hydrogen (secondary N) is 1. The van der Waals surface area contributed by atoms with Gasteiger partial charge in [-0.2, -0.15) is 0 Å². The first-order chi connectivity index (χ1) is 8.47. The predicted molar refractivity (Wildman–Crippen MR) is 71.6 cm³/mol. The van der Waals surface area contributed by atoms with Crippen molar-refractivity contribution in [1.82, 2.24) is 5.17 Å². The first-order valence-electron chi connectivity index (χ1n) is 5.20. The van der Waals surface area contributed by atoms with Crippen LogP contribution in [0.2, 0.25) is 0 Å². The van der Waals surface area contributed by atoms with Gasteiger partial charge in [-0.25, -0.2) is 8.42 Å². The van der Waals surface area contributed by atoms with Gasteiger partial charge >= 0.3 is 0 Å². The van der Waals surface area contributed by atoms with Crippen LogP contribution in [0.3, 0.4) is 0 Å². The number of sulfone groups is 1. The second kappa shape index (κ2) is 5.17. The summed E-state index contributed by atoms with van der Waals surface area (Å²) in [7, 11) is -3.26. The van der Waals surface area contributed by atoms with Crippen LogP contribution in [0, 0.1) is 0 Å². The molecular formula is C10H13N3O3S2. The van der Waals surface area contributed by atoms with Crippen LogP contribution < -0.4 is 5.43 Å². The summed E-state index contributed by atoms with van der Waals surface area (Å²) in [4.78, 5) is 4.27. The van der Waals surface area contributed by atoms with E-state index in [1.54, 1.807) is 12.1 Å². The van der Waals surface area contributed by atoms with Crippen molar-refractivity contribution in [2.45, 2.75) is 4.90 Å². The topological polar surface area (TPSA) is 82.0 Å². The lowest BCUT2D eigenvalue weighted by molar-refractivity contribution is 0.0162. The molecule has 0 radical (unpaired) electrons. The zero-order valence-corrected chi connectivity index (χ0v) is 11.3. The van der Waals surface area contributed by atoms with Crippen molar-refractivity contribution >= 4 is 32.5 Å². The molecule has 0 unspecified atom stereocenters. The van der Waals surface area contributed by atoms with Crippen molar-refractivity contribution in [3.8, 4) is 0 Å². The minimum atomic E-state index is -3.26. The molecule has 18 heavy (non-hydrogen) atoms. The lowest BCUT2D eigenvalue weighted by Gasteiger charge is -2.17. The molecular weight excluding hydrogens is 274 g/mol. The molecule has 1 aromatic carbocycles. The lowest BCUT2D eigenvalue weighted by atomic mass is 10.3. The van der Waals surface area contributed by atoms with Gasteiger partial charge in [-0.3, -0.25) is 15.6 Å². The summed E-state index contributed by atoms with van der Waals surface area (Å²) in [6, 6.07) is 6.23. The summed E-state index contributed by atoms with van der Waals surface area (Å²) < 4.78 is 22.8. The fraction of sp³-hybridized carbons (Fsp3) is 0.300. The number of hydroxylamine groups is 1. The van der Waals surface area contributed by atoms with Crippen molar-refractivity contribution in [3.05, 3.63) is 24.3 Å². The number of hydrazine groups is 1. The van der Waals surface area contributed by atoms with E-state index in [4.69, 9.17) is 0 Å². The number of nitrogens with zero attached hydrogens (tertiary/aromatic N) is 2. The van der Waals surface area contributed by atoms with Gasteiger partial charge in [-0.15, -0.1) is 5.17 Å². The zero-order chi connectivity index (χ0) is 13.2. The molecule has 0 amide bonds. The third kappa shape index (κ3) is 3.15. The van der Waals surface area contributed by atoms with Crippen LogP contribution in [0.4, 0.5) is 5.69 Å². The van der Waals surface area contributed by atoms with E-state index < -0.39 is 9.84 Å². The maximum Gasteiger partial charge on any atom is 0.206 e. The third-order valence-electron chi connectivity index (χ3n) is 2.25.